The summed E-state index contributed by atoms with van der Waals surface area (Å²) < 4.78 is 48.7. The number of nitrogens with one attached hydrogen (secondary N) is 1. The maximum atomic E-state index is 13.3. The first-order chi connectivity index (χ1) is 8.78. The molecule has 0 saturated carbocycles. The van der Waals surface area contributed by atoms with Gasteiger partial charge in [0.2, 0.25) is 5.82 Å². The van der Waals surface area contributed by atoms with Gasteiger partial charge in [0, 0.05) is 17.5 Å². The van der Waals surface area contributed by atoms with Crippen molar-refractivity contribution in [2.45, 2.75) is 6.04 Å². The topological polar surface area (TPSA) is 89.3 Å². The van der Waals surface area contributed by atoms with Crippen molar-refractivity contribution >= 4 is 21.2 Å². The van der Waals surface area contributed by atoms with Crippen LogP contribution in [0, 0.1) is 21.7 Å². The van der Waals surface area contributed by atoms with E-state index < -0.39 is 43.8 Å². The van der Waals surface area contributed by atoms with Crippen molar-refractivity contribution < 1.29 is 22.1 Å². The third-order valence-electron chi connectivity index (χ3n) is 2.48. The molecule has 1 aromatic carbocycles. The number of halogens is 2. The van der Waals surface area contributed by atoms with Crippen LogP contribution in [-0.4, -0.2) is 25.1 Å². The van der Waals surface area contributed by atoms with Crippen LogP contribution in [0.2, 0.25) is 0 Å². The van der Waals surface area contributed by atoms with Crippen LogP contribution in [0.25, 0.3) is 0 Å². The molecule has 1 unspecified atom stereocenters. The zero-order chi connectivity index (χ0) is 14.2. The molecule has 0 bridgehead atoms. The number of anilines is 1. The molecule has 0 radical (unpaired) electrons. The molecule has 9 heteroatoms. The predicted molar refractivity (Wildman–Crippen MR) is 63.3 cm³/mol. The fourth-order valence-corrected chi connectivity index (χ4v) is 2.96. The lowest BCUT2D eigenvalue weighted by Gasteiger charge is -2.12. The van der Waals surface area contributed by atoms with E-state index in [4.69, 9.17) is 0 Å². The number of nitrogens with zero attached hydrogens (tertiary/aromatic N) is 1. The second-order valence-corrected chi connectivity index (χ2v) is 5.88. The van der Waals surface area contributed by atoms with E-state index in [-0.39, 0.29) is 5.75 Å². The van der Waals surface area contributed by atoms with Gasteiger partial charge in [0.1, 0.15) is 11.5 Å². The Bertz CT molecular complexity index is 672. The molecule has 2 rings (SSSR count). The van der Waals surface area contributed by atoms with Crippen molar-refractivity contribution in [3.05, 3.63) is 45.4 Å². The molecular formula is C10H8F2N2O4S. The minimum Gasteiger partial charge on any atom is -0.372 e. The standard InChI is InChI=1S/C10H8F2N2O4S/c11-6-3-8(12)10(14(15)16)9(4-6)13-7-1-2-19(17,18)5-7/h1-4,7,13H,5H2. The molecule has 1 aliphatic heterocycles. The Morgan fingerprint density at radius 1 is 1.37 bits per heavy atom. The molecule has 19 heavy (non-hydrogen) atoms. The van der Waals surface area contributed by atoms with Gasteiger partial charge in [-0.05, 0) is 0 Å². The summed E-state index contributed by atoms with van der Waals surface area (Å²) in [5, 5.41) is 14.1. The van der Waals surface area contributed by atoms with Crippen LogP contribution in [0.4, 0.5) is 20.2 Å². The average Bonchev–Trinajstić information content (AvgIpc) is 2.56. The molecule has 102 valence electrons. The van der Waals surface area contributed by atoms with Gasteiger partial charge >= 0.3 is 5.69 Å². The predicted octanol–water partition coefficient (Wildman–Crippen LogP) is 1.60. The third kappa shape index (κ3) is 2.87. The van der Waals surface area contributed by atoms with E-state index in [1.807, 2.05) is 0 Å². The van der Waals surface area contributed by atoms with Gasteiger partial charge in [-0.1, -0.05) is 6.08 Å². The molecule has 0 spiro atoms. The average molecular weight is 290 g/mol. The SMILES string of the molecule is O=[N+]([O-])c1c(F)cc(F)cc1NC1C=CS(=O)(=O)C1. The quantitative estimate of drug-likeness (QED) is 0.674. The van der Waals surface area contributed by atoms with Crippen LogP contribution in [0.1, 0.15) is 0 Å². The normalized spacial score (nSPS) is 20.4. The zero-order valence-corrected chi connectivity index (χ0v) is 10.2. The van der Waals surface area contributed by atoms with E-state index in [2.05, 4.69) is 5.32 Å². The number of rotatable bonds is 3. The first-order valence-electron chi connectivity index (χ1n) is 5.09. The summed E-state index contributed by atoms with van der Waals surface area (Å²) >= 11 is 0. The first kappa shape index (κ1) is 13.4. The van der Waals surface area contributed by atoms with Crippen molar-refractivity contribution in [1.29, 1.82) is 0 Å². The number of hydrogen-bond acceptors (Lipinski definition) is 5. The minimum atomic E-state index is -3.37. The highest BCUT2D eigenvalue weighted by Gasteiger charge is 2.27. The van der Waals surface area contributed by atoms with E-state index in [0.29, 0.717) is 6.07 Å². The Morgan fingerprint density at radius 3 is 2.58 bits per heavy atom. The van der Waals surface area contributed by atoms with E-state index >= 15 is 0 Å². The van der Waals surface area contributed by atoms with Crippen LogP contribution in [0.15, 0.2) is 23.6 Å². The number of benzene rings is 1. The van der Waals surface area contributed by atoms with Crippen molar-refractivity contribution in [2.75, 3.05) is 11.1 Å². The van der Waals surface area contributed by atoms with E-state index in [1.54, 1.807) is 0 Å². The molecule has 0 aliphatic carbocycles. The van der Waals surface area contributed by atoms with Gasteiger partial charge in [-0.15, -0.1) is 0 Å². The van der Waals surface area contributed by atoms with Crippen LogP contribution in [0.3, 0.4) is 0 Å². The zero-order valence-electron chi connectivity index (χ0n) is 9.34. The van der Waals surface area contributed by atoms with Gasteiger partial charge in [-0.25, -0.2) is 12.8 Å². The van der Waals surface area contributed by atoms with Gasteiger partial charge in [-0.3, -0.25) is 10.1 Å². The second kappa shape index (κ2) is 4.57. The van der Waals surface area contributed by atoms with E-state index in [1.165, 1.54) is 6.08 Å². The number of nitro groups is 1. The molecular weight excluding hydrogens is 282 g/mol. The molecule has 1 N–H and O–H groups in total. The van der Waals surface area contributed by atoms with Crippen molar-refractivity contribution in [1.82, 2.24) is 0 Å². The summed E-state index contributed by atoms with van der Waals surface area (Å²) in [6.07, 6.45) is 1.27. The van der Waals surface area contributed by atoms with Crippen LogP contribution in [0.5, 0.6) is 0 Å². The summed E-state index contributed by atoms with van der Waals surface area (Å²) in [6, 6.07) is 0.384. The van der Waals surface area contributed by atoms with Crippen LogP contribution < -0.4 is 5.32 Å². The molecule has 1 heterocycles. The maximum Gasteiger partial charge on any atom is 0.327 e. The lowest BCUT2D eigenvalue weighted by molar-refractivity contribution is -0.386. The fourth-order valence-electron chi connectivity index (χ4n) is 1.73. The summed E-state index contributed by atoms with van der Waals surface area (Å²) in [4.78, 5) is 9.73. The Morgan fingerprint density at radius 2 is 2.05 bits per heavy atom. The molecule has 1 atom stereocenters. The highest BCUT2D eigenvalue weighted by atomic mass is 32.2. The fraction of sp³-hybridized carbons (Fsp3) is 0.200. The summed E-state index contributed by atoms with van der Waals surface area (Å²) in [5.41, 5.74) is -1.31. The number of nitro benzene ring substituents is 1. The molecule has 0 fully saturated rings. The number of sulfone groups is 1. The Kier molecular flexibility index (Phi) is 3.23. The third-order valence-corrected chi connectivity index (χ3v) is 3.88. The molecule has 1 aromatic rings. The van der Waals surface area contributed by atoms with Crippen molar-refractivity contribution in [2.24, 2.45) is 0 Å². The first-order valence-corrected chi connectivity index (χ1v) is 6.81. The molecule has 0 saturated heterocycles. The smallest absolute Gasteiger partial charge is 0.327 e. The van der Waals surface area contributed by atoms with E-state index in [0.717, 1.165) is 11.5 Å². The molecule has 6 nitrogen and oxygen atoms in total. The summed E-state index contributed by atoms with van der Waals surface area (Å²) in [6.45, 7) is 0. The largest absolute Gasteiger partial charge is 0.372 e. The minimum absolute atomic E-state index is 0.317. The Labute approximate surface area is 106 Å². The van der Waals surface area contributed by atoms with Crippen LogP contribution >= 0.6 is 0 Å². The Balaban J connectivity index is 2.35. The van der Waals surface area contributed by atoms with E-state index in [9.17, 15) is 27.3 Å². The lowest BCUT2D eigenvalue weighted by atomic mass is 10.2. The monoisotopic (exact) mass is 290 g/mol. The Hall–Kier alpha value is -2.03. The molecule has 0 amide bonds. The van der Waals surface area contributed by atoms with Crippen molar-refractivity contribution in [3.63, 3.8) is 0 Å². The van der Waals surface area contributed by atoms with Gasteiger partial charge < -0.3 is 5.32 Å². The second-order valence-electron chi connectivity index (χ2n) is 3.95. The molecule has 0 aromatic heterocycles. The molecule has 1 aliphatic rings. The highest BCUT2D eigenvalue weighted by Crippen LogP contribution is 2.30. The highest BCUT2D eigenvalue weighted by molar-refractivity contribution is 7.94. The maximum absolute atomic E-state index is 13.3. The van der Waals surface area contributed by atoms with Crippen LogP contribution in [-0.2, 0) is 9.84 Å². The summed E-state index contributed by atoms with van der Waals surface area (Å²) in [7, 11) is -3.37. The van der Waals surface area contributed by atoms with Gasteiger partial charge in [-0.2, -0.15) is 4.39 Å². The van der Waals surface area contributed by atoms with Crippen molar-refractivity contribution in [3.8, 4) is 0 Å². The van der Waals surface area contributed by atoms with Gasteiger partial charge in [0.15, 0.2) is 9.84 Å². The summed E-state index contributed by atoms with van der Waals surface area (Å²) in [5.74, 6) is -2.63. The van der Waals surface area contributed by atoms with Gasteiger partial charge in [0.25, 0.3) is 0 Å². The van der Waals surface area contributed by atoms with Gasteiger partial charge in [0.05, 0.1) is 16.7 Å². The number of hydrogen-bond donors (Lipinski definition) is 1. The lowest BCUT2D eigenvalue weighted by Crippen LogP contribution is -2.21.